The number of anilines is 2. The third kappa shape index (κ3) is 4.30. The number of methoxy groups -OCH3 is 2. The van der Waals surface area contributed by atoms with Crippen molar-refractivity contribution in [2.75, 3.05) is 37.5 Å². The van der Waals surface area contributed by atoms with Crippen molar-refractivity contribution in [3.05, 3.63) is 40.2 Å². The molecule has 3 aromatic heterocycles. The van der Waals surface area contributed by atoms with Gasteiger partial charge in [-0.05, 0) is 25.8 Å². The largest absolute Gasteiger partial charge is 0.488 e. The van der Waals surface area contributed by atoms with Gasteiger partial charge >= 0.3 is 5.63 Å². The van der Waals surface area contributed by atoms with E-state index in [1.807, 2.05) is 17.9 Å². The van der Waals surface area contributed by atoms with E-state index in [2.05, 4.69) is 20.6 Å². The molecule has 0 bridgehead atoms. The van der Waals surface area contributed by atoms with E-state index < -0.39 is 11.5 Å². The number of aromatic nitrogens is 4. The molecule has 4 rings (SSSR count). The number of aryl methyl sites for hydroxylation is 1. The third-order valence-corrected chi connectivity index (χ3v) is 5.89. The number of nitrogens with one attached hydrogen (secondary N) is 1. The van der Waals surface area contributed by atoms with Crippen LogP contribution in [0, 0.1) is 6.92 Å². The Morgan fingerprint density at radius 1 is 1.29 bits per heavy atom. The lowest BCUT2D eigenvalue weighted by atomic mass is 10.1. The molecule has 31 heavy (non-hydrogen) atoms. The molecule has 0 spiro atoms. The Hall–Kier alpha value is -3.25. The molecule has 0 unspecified atom stereocenters. The first-order chi connectivity index (χ1) is 15.0. The number of ether oxygens (including phenoxy) is 2. The Bertz CT molecular complexity index is 1130. The van der Waals surface area contributed by atoms with Crippen LogP contribution < -0.4 is 20.6 Å². The van der Waals surface area contributed by atoms with Crippen LogP contribution in [0.5, 0.6) is 5.75 Å². The lowest BCUT2D eigenvalue weighted by Gasteiger charge is -2.33. The zero-order chi connectivity index (χ0) is 22.0. The highest BCUT2D eigenvalue weighted by molar-refractivity contribution is 7.17. The number of nitrogens with zero attached hydrogens (tertiary/aromatic N) is 5. The minimum atomic E-state index is -0.718. The van der Waals surface area contributed by atoms with Crippen molar-refractivity contribution in [2.45, 2.75) is 25.9 Å². The van der Waals surface area contributed by atoms with Crippen molar-refractivity contribution in [3.8, 4) is 10.9 Å². The summed E-state index contributed by atoms with van der Waals surface area (Å²) in [6.07, 6.45) is 3.44. The SMILES string of the molecule is COc1c(N2CCC(OC)CC2)cc(C(=O)Nc2nnc(-n3nccc3C)s2)oc1=O. The number of hydrogen-bond acceptors (Lipinski definition) is 10. The number of hydrogen-bond donors (Lipinski definition) is 1. The van der Waals surface area contributed by atoms with Gasteiger partial charge in [0, 0.05) is 38.2 Å². The van der Waals surface area contributed by atoms with Crippen LogP contribution in [-0.2, 0) is 4.74 Å². The van der Waals surface area contributed by atoms with Crippen LogP contribution >= 0.6 is 11.3 Å². The molecule has 0 atom stereocenters. The summed E-state index contributed by atoms with van der Waals surface area (Å²) in [5.74, 6) is -0.672. The molecule has 1 N–H and O–H groups in total. The smallest absolute Gasteiger partial charge is 0.381 e. The standard InChI is InChI=1S/C19H22N6O5S/c1-11-4-7-20-25(11)19-23-22-18(31-19)21-16(26)14-10-13(15(29-3)17(27)30-14)24-8-5-12(28-2)6-9-24/h4,7,10,12H,5-6,8-9H2,1-3H3,(H,21,22,26). The molecular weight excluding hydrogens is 424 g/mol. The second-order valence-electron chi connectivity index (χ2n) is 6.97. The number of carbonyl (C=O) groups is 1. The van der Waals surface area contributed by atoms with E-state index in [0.717, 1.165) is 29.9 Å². The molecule has 12 heteroatoms. The Labute approximate surface area is 181 Å². The molecule has 1 saturated heterocycles. The molecule has 164 valence electrons. The summed E-state index contributed by atoms with van der Waals surface area (Å²) in [5.41, 5.74) is 0.685. The van der Waals surface area contributed by atoms with Crippen molar-refractivity contribution < 1.29 is 18.7 Å². The highest BCUT2D eigenvalue weighted by Crippen LogP contribution is 2.29. The van der Waals surface area contributed by atoms with E-state index in [4.69, 9.17) is 13.9 Å². The molecule has 1 amide bonds. The predicted molar refractivity (Wildman–Crippen MR) is 113 cm³/mol. The molecule has 0 aromatic carbocycles. The van der Waals surface area contributed by atoms with Crippen molar-refractivity contribution in [1.29, 1.82) is 0 Å². The van der Waals surface area contributed by atoms with Gasteiger partial charge in [0.2, 0.25) is 16.0 Å². The number of amides is 1. The van der Waals surface area contributed by atoms with Gasteiger partial charge in [-0.2, -0.15) is 5.10 Å². The number of carbonyl (C=O) groups excluding carboxylic acids is 1. The fraction of sp³-hybridized carbons (Fsp3) is 0.421. The van der Waals surface area contributed by atoms with E-state index in [1.165, 1.54) is 13.2 Å². The molecule has 0 saturated carbocycles. The maximum Gasteiger partial charge on any atom is 0.381 e. The molecule has 1 aliphatic heterocycles. The van der Waals surface area contributed by atoms with Gasteiger partial charge in [-0.3, -0.25) is 10.1 Å². The second kappa shape index (κ2) is 8.86. The maximum absolute atomic E-state index is 12.8. The first-order valence-electron chi connectivity index (χ1n) is 9.66. The summed E-state index contributed by atoms with van der Waals surface area (Å²) >= 11 is 1.15. The van der Waals surface area contributed by atoms with Gasteiger partial charge in [-0.15, -0.1) is 10.2 Å². The summed E-state index contributed by atoms with van der Waals surface area (Å²) in [6.45, 7) is 3.22. The normalized spacial score (nSPS) is 14.6. The average molecular weight is 446 g/mol. The summed E-state index contributed by atoms with van der Waals surface area (Å²) in [4.78, 5) is 27.2. The van der Waals surface area contributed by atoms with E-state index in [0.29, 0.717) is 23.9 Å². The maximum atomic E-state index is 12.8. The van der Waals surface area contributed by atoms with Crippen LogP contribution in [0.25, 0.3) is 5.13 Å². The Morgan fingerprint density at radius 3 is 2.71 bits per heavy atom. The van der Waals surface area contributed by atoms with Gasteiger partial charge in [0.1, 0.15) is 0 Å². The van der Waals surface area contributed by atoms with Crippen LogP contribution in [0.4, 0.5) is 10.8 Å². The Kier molecular flexibility index (Phi) is 6.00. The highest BCUT2D eigenvalue weighted by Gasteiger charge is 2.26. The fourth-order valence-electron chi connectivity index (χ4n) is 3.42. The van der Waals surface area contributed by atoms with Crippen molar-refractivity contribution in [1.82, 2.24) is 20.0 Å². The van der Waals surface area contributed by atoms with E-state index >= 15 is 0 Å². The van der Waals surface area contributed by atoms with Crippen LogP contribution in [0.3, 0.4) is 0 Å². The van der Waals surface area contributed by atoms with E-state index in [9.17, 15) is 9.59 Å². The first kappa shape index (κ1) is 21.0. The zero-order valence-electron chi connectivity index (χ0n) is 17.3. The minimum Gasteiger partial charge on any atom is -0.488 e. The first-order valence-corrected chi connectivity index (χ1v) is 10.5. The van der Waals surface area contributed by atoms with Crippen LogP contribution in [0.2, 0.25) is 0 Å². The Balaban J connectivity index is 1.56. The van der Waals surface area contributed by atoms with Gasteiger partial charge in [-0.1, -0.05) is 11.3 Å². The van der Waals surface area contributed by atoms with Gasteiger partial charge in [0.15, 0.2) is 5.76 Å². The summed E-state index contributed by atoms with van der Waals surface area (Å²) < 4.78 is 17.5. The highest BCUT2D eigenvalue weighted by atomic mass is 32.1. The molecule has 0 radical (unpaired) electrons. The molecular formula is C19H22N6O5S. The molecule has 0 aliphatic carbocycles. The van der Waals surface area contributed by atoms with Gasteiger partial charge in [-0.25, -0.2) is 9.48 Å². The number of rotatable bonds is 6. The quantitative estimate of drug-likeness (QED) is 0.604. The summed E-state index contributed by atoms with van der Waals surface area (Å²) in [7, 11) is 3.09. The van der Waals surface area contributed by atoms with Crippen LogP contribution in [-0.4, -0.2) is 59.3 Å². The topological polar surface area (TPSA) is 125 Å². The van der Waals surface area contributed by atoms with E-state index in [-0.39, 0.29) is 22.7 Å². The lowest BCUT2D eigenvalue weighted by Crippen LogP contribution is -2.37. The molecule has 3 aromatic rings. The monoisotopic (exact) mass is 446 g/mol. The van der Waals surface area contributed by atoms with Crippen LogP contribution in [0.1, 0.15) is 29.1 Å². The zero-order valence-corrected chi connectivity index (χ0v) is 18.1. The minimum absolute atomic E-state index is 0.0692. The molecule has 1 fully saturated rings. The van der Waals surface area contributed by atoms with E-state index in [1.54, 1.807) is 18.0 Å². The van der Waals surface area contributed by atoms with Crippen LogP contribution in [0.15, 0.2) is 27.5 Å². The lowest BCUT2D eigenvalue weighted by molar-refractivity contribution is 0.0817. The fourth-order valence-corrected chi connectivity index (χ4v) is 4.17. The molecule has 11 nitrogen and oxygen atoms in total. The van der Waals surface area contributed by atoms with Gasteiger partial charge in [0.05, 0.1) is 18.9 Å². The molecule has 4 heterocycles. The van der Waals surface area contributed by atoms with Crippen molar-refractivity contribution >= 4 is 28.1 Å². The van der Waals surface area contributed by atoms with Crippen molar-refractivity contribution in [2.24, 2.45) is 0 Å². The molecule has 1 aliphatic rings. The third-order valence-electron chi connectivity index (χ3n) is 5.08. The van der Waals surface area contributed by atoms with Crippen molar-refractivity contribution in [3.63, 3.8) is 0 Å². The average Bonchev–Trinajstić information content (AvgIpc) is 3.41. The summed E-state index contributed by atoms with van der Waals surface area (Å²) in [5, 5.41) is 15.6. The summed E-state index contributed by atoms with van der Waals surface area (Å²) in [6, 6.07) is 3.35. The van der Waals surface area contributed by atoms with Gasteiger partial charge in [0.25, 0.3) is 5.91 Å². The predicted octanol–water partition coefficient (Wildman–Crippen LogP) is 1.86. The van der Waals surface area contributed by atoms with Gasteiger partial charge < -0.3 is 18.8 Å². The number of piperidine rings is 1. The Morgan fingerprint density at radius 2 is 2.06 bits per heavy atom. The second-order valence-corrected chi connectivity index (χ2v) is 7.92.